The third kappa shape index (κ3) is 1.85. The van der Waals surface area contributed by atoms with Crippen LogP contribution in [0.3, 0.4) is 0 Å². The van der Waals surface area contributed by atoms with Crippen molar-refractivity contribution < 1.29 is 0 Å². The number of hydrogen-bond acceptors (Lipinski definition) is 6. The van der Waals surface area contributed by atoms with Gasteiger partial charge in [0.2, 0.25) is 5.95 Å². The lowest BCUT2D eigenvalue weighted by Crippen LogP contribution is -2.16. The molecule has 14 heavy (non-hydrogen) atoms. The topological polar surface area (TPSA) is 93.1 Å². The molecule has 0 aromatic carbocycles. The van der Waals surface area contributed by atoms with Crippen molar-refractivity contribution in [2.75, 3.05) is 35.8 Å². The number of aromatic nitrogens is 2. The summed E-state index contributed by atoms with van der Waals surface area (Å²) in [6.45, 7) is 3.52. The average molecular weight is 194 g/mol. The molecule has 0 aliphatic heterocycles. The lowest BCUT2D eigenvalue weighted by atomic mass is 10.4. The van der Waals surface area contributed by atoms with Gasteiger partial charge >= 0.3 is 0 Å². The summed E-state index contributed by atoms with van der Waals surface area (Å²) >= 11 is 0. The Balaban J connectivity index is 3.24. The first-order chi connectivity index (χ1) is 6.56. The van der Waals surface area contributed by atoms with Gasteiger partial charge in [0.05, 0.1) is 0 Å². The summed E-state index contributed by atoms with van der Waals surface area (Å²) in [7, 11) is 3.66. The van der Waals surface area contributed by atoms with E-state index in [2.05, 4.69) is 21.9 Å². The van der Waals surface area contributed by atoms with Gasteiger partial charge in [-0.15, -0.1) is 0 Å². The monoisotopic (exact) mass is 194 g/mol. The highest BCUT2D eigenvalue weighted by molar-refractivity contribution is 5.76. The highest BCUT2D eigenvalue weighted by Gasteiger charge is 2.10. The molecule has 1 rings (SSSR count). The van der Waals surface area contributed by atoms with Crippen molar-refractivity contribution >= 4 is 23.3 Å². The smallest absolute Gasteiger partial charge is 0.224 e. The summed E-state index contributed by atoms with van der Waals surface area (Å²) < 4.78 is 0. The molecule has 0 radical (unpaired) electrons. The van der Waals surface area contributed by atoms with Crippen LogP contribution in [0.2, 0.25) is 0 Å². The van der Waals surface area contributed by atoms with Crippen LogP contribution >= 0.6 is 0 Å². The number of hydrogen-bond donors (Lipinski definition) is 3. The van der Waals surface area contributed by atoms with Crippen molar-refractivity contribution in [2.45, 2.75) is 0 Å². The van der Waals surface area contributed by atoms with Gasteiger partial charge in [-0.1, -0.05) is 6.58 Å². The maximum Gasteiger partial charge on any atom is 0.224 e. The molecule has 0 amide bonds. The van der Waals surface area contributed by atoms with Crippen LogP contribution in [0.5, 0.6) is 0 Å². The fraction of sp³-hybridized carbons (Fsp3) is 0.250. The lowest BCUT2D eigenvalue weighted by molar-refractivity contribution is 1.05. The number of rotatable bonds is 3. The molecule has 0 aliphatic carbocycles. The number of nitrogens with one attached hydrogen (secondary N) is 1. The Morgan fingerprint density at radius 2 is 2.00 bits per heavy atom. The third-order valence-corrected chi connectivity index (χ3v) is 1.61. The summed E-state index contributed by atoms with van der Waals surface area (Å²) in [6.07, 6.45) is 1.48. The van der Waals surface area contributed by atoms with Gasteiger partial charge in [-0.05, 0) is 6.20 Å². The third-order valence-electron chi connectivity index (χ3n) is 1.61. The van der Waals surface area contributed by atoms with E-state index < -0.39 is 0 Å². The first-order valence-corrected chi connectivity index (χ1v) is 4.04. The summed E-state index contributed by atoms with van der Waals surface area (Å²) in [4.78, 5) is 9.71. The van der Waals surface area contributed by atoms with Crippen LogP contribution in [0.15, 0.2) is 12.8 Å². The average Bonchev–Trinajstić information content (AvgIpc) is 2.10. The molecule has 1 aromatic heterocycles. The van der Waals surface area contributed by atoms with Gasteiger partial charge in [0.15, 0.2) is 11.6 Å². The molecule has 0 fully saturated rings. The first-order valence-electron chi connectivity index (χ1n) is 4.04. The predicted octanol–water partition coefficient (Wildman–Crippen LogP) is 0.262. The largest absolute Gasteiger partial charge is 0.393 e. The number of nitrogens with two attached hydrogens (primary N) is 2. The lowest BCUT2D eigenvalue weighted by Gasteiger charge is -2.16. The zero-order valence-electron chi connectivity index (χ0n) is 8.28. The molecule has 0 aliphatic rings. The maximum atomic E-state index is 5.81. The molecule has 6 heteroatoms. The fourth-order valence-electron chi connectivity index (χ4n) is 1.02. The van der Waals surface area contributed by atoms with Crippen LogP contribution in [0.4, 0.5) is 23.3 Å². The van der Waals surface area contributed by atoms with E-state index in [0.717, 1.165) is 0 Å². The van der Waals surface area contributed by atoms with Crippen molar-refractivity contribution in [3.8, 4) is 0 Å². The highest BCUT2D eigenvalue weighted by atomic mass is 15.2. The van der Waals surface area contributed by atoms with Gasteiger partial charge in [0.25, 0.3) is 0 Å². The number of nitrogen functional groups attached to an aromatic ring is 2. The van der Waals surface area contributed by atoms with E-state index >= 15 is 0 Å². The number of nitrogens with zero attached hydrogens (tertiary/aromatic N) is 3. The molecule has 0 bridgehead atoms. The highest BCUT2D eigenvalue weighted by Crippen LogP contribution is 2.26. The van der Waals surface area contributed by atoms with Crippen molar-refractivity contribution in [2.24, 2.45) is 0 Å². The van der Waals surface area contributed by atoms with Gasteiger partial charge < -0.3 is 21.7 Å². The van der Waals surface area contributed by atoms with Crippen molar-refractivity contribution in [1.29, 1.82) is 0 Å². The fourth-order valence-corrected chi connectivity index (χ4v) is 1.02. The zero-order valence-corrected chi connectivity index (χ0v) is 8.28. The Morgan fingerprint density at radius 3 is 2.50 bits per heavy atom. The molecular formula is C8H14N6. The molecule has 76 valence electrons. The quantitative estimate of drug-likeness (QED) is 0.639. The summed E-state index contributed by atoms with van der Waals surface area (Å²) in [5.41, 5.74) is 11.8. The molecule has 0 unspecified atom stereocenters. The molecule has 5 N–H and O–H groups in total. The van der Waals surface area contributed by atoms with Crippen molar-refractivity contribution in [3.05, 3.63) is 12.8 Å². The summed E-state index contributed by atoms with van der Waals surface area (Å²) in [5, 5.41) is 2.79. The Labute approximate surface area is 82.6 Å². The second-order valence-electron chi connectivity index (χ2n) is 2.91. The molecule has 6 nitrogen and oxygen atoms in total. The van der Waals surface area contributed by atoms with E-state index in [1.54, 1.807) is 4.90 Å². The van der Waals surface area contributed by atoms with E-state index in [1.165, 1.54) is 6.20 Å². The minimum absolute atomic E-state index is 0.173. The molecule has 1 aromatic rings. The Kier molecular flexibility index (Phi) is 2.76. The molecule has 1 heterocycles. The van der Waals surface area contributed by atoms with Crippen LogP contribution in [-0.4, -0.2) is 24.1 Å². The predicted molar refractivity (Wildman–Crippen MR) is 59.0 cm³/mol. The number of anilines is 4. The Hall–Kier alpha value is -1.98. The Bertz CT molecular complexity index is 346. The van der Waals surface area contributed by atoms with Crippen LogP contribution in [0, 0.1) is 0 Å². The minimum atomic E-state index is 0.173. The molecular weight excluding hydrogens is 180 g/mol. The first kappa shape index (κ1) is 10.1. The Morgan fingerprint density at radius 1 is 1.36 bits per heavy atom. The van der Waals surface area contributed by atoms with Gasteiger partial charge in [-0.2, -0.15) is 9.97 Å². The van der Waals surface area contributed by atoms with E-state index in [1.807, 2.05) is 14.1 Å². The second kappa shape index (κ2) is 3.82. The molecule has 0 saturated carbocycles. The molecule has 0 spiro atoms. The van der Waals surface area contributed by atoms with Gasteiger partial charge in [0, 0.05) is 14.1 Å². The minimum Gasteiger partial charge on any atom is -0.393 e. The van der Waals surface area contributed by atoms with Crippen LogP contribution in [0.1, 0.15) is 0 Å². The van der Waals surface area contributed by atoms with Crippen molar-refractivity contribution in [1.82, 2.24) is 9.97 Å². The summed E-state index contributed by atoms with van der Waals surface area (Å²) in [5.74, 6) is 1.23. The van der Waals surface area contributed by atoms with Crippen LogP contribution < -0.4 is 21.7 Å². The van der Waals surface area contributed by atoms with Crippen LogP contribution in [0.25, 0.3) is 0 Å². The second-order valence-corrected chi connectivity index (χ2v) is 2.91. The summed E-state index contributed by atoms with van der Waals surface area (Å²) in [6, 6.07) is 0. The normalized spacial score (nSPS) is 9.57. The molecule has 0 saturated heterocycles. The van der Waals surface area contributed by atoms with Gasteiger partial charge in [-0.3, -0.25) is 0 Å². The zero-order chi connectivity index (χ0) is 10.7. The van der Waals surface area contributed by atoms with Crippen molar-refractivity contribution in [3.63, 3.8) is 0 Å². The maximum absolute atomic E-state index is 5.81. The van der Waals surface area contributed by atoms with E-state index in [-0.39, 0.29) is 5.95 Å². The van der Waals surface area contributed by atoms with Gasteiger partial charge in [-0.25, -0.2) is 0 Å². The molecule has 0 atom stereocenters. The van der Waals surface area contributed by atoms with E-state index in [0.29, 0.717) is 17.3 Å². The SMILES string of the molecule is C=CNc1nc(N)nc(N(C)C)c1N. The van der Waals surface area contributed by atoms with Crippen LogP contribution in [-0.2, 0) is 0 Å². The van der Waals surface area contributed by atoms with E-state index in [4.69, 9.17) is 11.5 Å². The van der Waals surface area contributed by atoms with Gasteiger partial charge in [0.1, 0.15) is 5.69 Å². The standard InChI is InChI=1S/C8H14N6/c1-4-11-6-5(9)7(14(2)3)13-8(10)12-6/h4H,1,9H2,2-3H3,(H3,10,11,12,13). The van der Waals surface area contributed by atoms with E-state index in [9.17, 15) is 0 Å².